The van der Waals surface area contributed by atoms with Gasteiger partial charge in [0.2, 0.25) is 0 Å². The molecule has 0 aliphatic carbocycles. The number of rotatable bonds is 0. The van der Waals surface area contributed by atoms with Crippen molar-refractivity contribution in [2.24, 2.45) is 0 Å². The van der Waals surface area contributed by atoms with E-state index in [4.69, 9.17) is 0 Å². The lowest BCUT2D eigenvalue weighted by atomic mass is 10.2. The third-order valence-corrected chi connectivity index (χ3v) is 2.64. The first-order chi connectivity index (χ1) is 5.63. The van der Waals surface area contributed by atoms with Gasteiger partial charge < -0.3 is 4.74 Å². The number of hydrogen-bond donors (Lipinski definition) is 0. The molecule has 0 radical (unpaired) electrons. The van der Waals surface area contributed by atoms with E-state index in [1.165, 1.54) is 15.6 Å². The molecule has 68 valence electrons. The van der Waals surface area contributed by atoms with Crippen LogP contribution in [0.15, 0.2) is 22.7 Å². The normalized spacial score (nSPS) is 8.75. The predicted octanol–water partition coefficient (Wildman–Crippen LogP) is 3.33. The summed E-state index contributed by atoms with van der Waals surface area (Å²) in [7, 11) is 3.25. The van der Waals surface area contributed by atoms with Crippen LogP contribution in [0.5, 0.6) is 0 Å². The molecule has 0 aliphatic rings. The maximum absolute atomic E-state index is 4.25. The van der Waals surface area contributed by atoms with Crippen LogP contribution in [0.25, 0.3) is 0 Å². The summed E-state index contributed by atoms with van der Waals surface area (Å²) in [5, 5.41) is 0. The number of halogens is 1. The average molecular weight is 231 g/mol. The molecule has 1 nitrogen and oxygen atoms in total. The summed E-state index contributed by atoms with van der Waals surface area (Å²) >= 11 is 3.48. The highest BCUT2D eigenvalue weighted by atomic mass is 79.9. The molecule has 0 spiro atoms. The fourth-order valence-electron chi connectivity index (χ4n) is 0.794. The smallest absolute Gasteiger partial charge is 0.0351 e. The highest BCUT2D eigenvalue weighted by Gasteiger charge is 1.93. The Hall–Kier alpha value is -0.340. The lowest BCUT2D eigenvalue weighted by molar-refractivity contribution is 0.277. The van der Waals surface area contributed by atoms with Gasteiger partial charge in [-0.1, -0.05) is 34.1 Å². The Morgan fingerprint density at radius 3 is 1.67 bits per heavy atom. The third-order valence-electron chi connectivity index (χ3n) is 1.38. The molecule has 0 bridgehead atoms. The van der Waals surface area contributed by atoms with Gasteiger partial charge in [0, 0.05) is 18.7 Å². The minimum absolute atomic E-state index is 1.23. The van der Waals surface area contributed by atoms with Gasteiger partial charge in [-0.3, -0.25) is 0 Å². The summed E-state index contributed by atoms with van der Waals surface area (Å²) in [5.41, 5.74) is 2.60. The monoisotopic (exact) mass is 230 g/mol. The van der Waals surface area contributed by atoms with Crippen LogP contribution < -0.4 is 0 Å². The Bertz CT molecular complexity index is 213. The van der Waals surface area contributed by atoms with Gasteiger partial charge in [-0.15, -0.1) is 0 Å². The van der Waals surface area contributed by atoms with Crippen LogP contribution in [-0.2, 0) is 4.74 Å². The van der Waals surface area contributed by atoms with Gasteiger partial charge in [-0.25, -0.2) is 0 Å². The van der Waals surface area contributed by atoms with Gasteiger partial charge >= 0.3 is 0 Å². The molecule has 1 aromatic carbocycles. The van der Waals surface area contributed by atoms with Crippen LogP contribution in [0.4, 0.5) is 0 Å². The molecule has 0 fully saturated rings. The molecular formula is C10H15BrO. The quantitative estimate of drug-likeness (QED) is 0.665. The Balaban J connectivity index is 0.000000354. The Kier molecular flexibility index (Phi) is 6.03. The summed E-state index contributed by atoms with van der Waals surface area (Å²) in [4.78, 5) is 0. The average Bonchev–Trinajstić information content (AvgIpc) is 2.02. The van der Waals surface area contributed by atoms with Crippen molar-refractivity contribution in [2.45, 2.75) is 13.8 Å². The maximum atomic E-state index is 4.25. The SMILES string of the molecule is COC.Cc1cccc(C)c1Br. The van der Waals surface area contributed by atoms with Crippen LogP contribution in [0, 0.1) is 13.8 Å². The van der Waals surface area contributed by atoms with E-state index >= 15 is 0 Å². The first-order valence-corrected chi connectivity index (χ1v) is 4.54. The van der Waals surface area contributed by atoms with E-state index in [1.54, 1.807) is 14.2 Å². The third kappa shape index (κ3) is 3.88. The van der Waals surface area contributed by atoms with Crippen LogP contribution in [0.2, 0.25) is 0 Å². The van der Waals surface area contributed by atoms with Crippen LogP contribution in [-0.4, -0.2) is 14.2 Å². The summed E-state index contributed by atoms with van der Waals surface area (Å²) in [6.45, 7) is 4.19. The number of ether oxygens (including phenoxy) is 1. The van der Waals surface area contributed by atoms with Crippen molar-refractivity contribution in [3.05, 3.63) is 33.8 Å². The predicted molar refractivity (Wildman–Crippen MR) is 56.5 cm³/mol. The fraction of sp³-hybridized carbons (Fsp3) is 0.400. The molecule has 0 amide bonds. The van der Waals surface area contributed by atoms with E-state index < -0.39 is 0 Å². The zero-order valence-electron chi connectivity index (χ0n) is 8.02. The molecule has 0 unspecified atom stereocenters. The van der Waals surface area contributed by atoms with E-state index in [0.717, 1.165) is 0 Å². The molecule has 0 heterocycles. The molecule has 0 N–H and O–H groups in total. The van der Waals surface area contributed by atoms with Gasteiger partial charge in [0.1, 0.15) is 0 Å². The molecule has 2 heteroatoms. The summed E-state index contributed by atoms with van der Waals surface area (Å²) in [6, 6.07) is 6.25. The first-order valence-electron chi connectivity index (χ1n) is 3.75. The number of benzene rings is 1. The number of aryl methyl sites for hydroxylation is 2. The van der Waals surface area contributed by atoms with E-state index in [-0.39, 0.29) is 0 Å². The lowest BCUT2D eigenvalue weighted by Crippen LogP contribution is -1.77. The van der Waals surface area contributed by atoms with Crippen molar-refractivity contribution >= 4 is 15.9 Å². The Labute approximate surface area is 82.9 Å². The topological polar surface area (TPSA) is 9.23 Å². The van der Waals surface area contributed by atoms with Crippen molar-refractivity contribution in [3.8, 4) is 0 Å². The molecule has 0 saturated carbocycles. The highest BCUT2D eigenvalue weighted by molar-refractivity contribution is 9.10. The van der Waals surface area contributed by atoms with Crippen molar-refractivity contribution in [3.63, 3.8) is 0 Å². The first kappa shape index (κ1) is 11.7. The van der Waals surface area contributed by atoms with E-state index in [0.29, 0.717) is 0 Å². The molecule has 12 heavy (non-hydrogen) atoms. The Morgan fingerprint density at radius 2 is 1.42 bits per heavy atom. The van der Waals surface area contributed by atoms with Crippen molar-refractivity contribution in [2.75, 3.05) is 14.2 Å². The lowest BCUT2D eigenvalue weighted by Gasteiger charge is -1.98. The molecule has 0 aromatic heterocycles. The minimum atomic E-state index is 1.23. The maximum Gasteiger partial charge on any atom is 0.0351 e. The molecule has 1 aromatic rings. The molecule has 0 atom stereocenters. The minimum Gasteiger partial charge on any atom is -0.388 e. The second kappa shape index (κ2) is 6.21. The van der Waals surface area contributed by atoms with Crippen molar-refractivity contribution < 1.29 is 4.74 Å². The van der Waals surface area contributed by atoms with Gasteiger partial charge in [0.05, 0.1) is 0 Å². The second-order valence-electron chi connectivity index (χ2n) is 2.61. The zero-order valence-corrected chi connectivity index (χ0v) is 9.60. The van der Waals surface area contributed by atoms with E-state index in [9.17, 15) is 0 Å². The molecule has 0 saturated heterocycles. The summed E-state index contributed by atoms with van der Waals surface area (Å²) in [5.74, 6) is 0. The summed E-state index contributed by atoms with van der Waals surface area (Å²) in [6.07, 6.45) is 0. The van der Waals surface area contributed by atoms with Gasteiger partial charge in [0.25, 0.3) is 0 Å². The molecule has 1 rings (SSSR count). The largest absolute Gasteiger partial charge is 0.388 e. The Morgan fingerprint density at radius 1 is 1.08 bits per heavy atom. The fourth-order valence-corrected chi connectivity index (χ4v) is 1.06. The van der Waals surface area contributed by atoms with Gasteiger partial charge in [0.15, 0.2) is 0 Å². The van der Waals surface area contributed by atoms with Crippen LogP contribution in [0.1, 0.15) is 11.1 Å². The second-order valence-corrected chi connectivity index (χ2v) is 3.41. The van der Waals surface area contributed by atoms with Crippen molar-refractivity contribution in [1.29, 1.82) is 0 Å². The molecule has 0 aliphatic heterocycles. The summed E-state index contributed by atoms with van der Waals surface area (Å²) < 4.78 is 5.48. The van der Waals surface area contributed by atoms with E-state index in [2.05, 4.69) is 52.7 Å². The standard InChI is InChI=1S/C8H9Br.C2H6O/c1-6-4-3-5-7(2)8(6)9;1-3-2/h3-5H,1-2H3;1-2H3. The highest BCUT2D eigenvalue weighted by Crippen LogP contribution is 2.19. The van der Waals surface area contributed by atoms with Gasteiger partial charge in [-0.05, 0) is 25.0 Å². The number of hydrogen-bond acceptors (Lipinski definition) is 1. The zero-order chi connectivity index (χ0) is 9.56. The molecular weight excluding hydrogens is 216 g/mol. The van der Waals surface area contributed by atoms with E-state index in [1.807, 2.05) is 0 Å². The van der Waals surface area contributed by atoms with Crippen LogP contribution in [0.3, 0.4) is 0 Å². The van der Waals surface area contributed by atoms with Gasteiger partial charge in [-0.2, -0.15) is 0 Å². The van der Waals surface area contributed by atoms with Crippen LogP contribution >= 0.6 is 15.9 Å². The van der Waals surface area contributed by atoms with Crippen molar-refractivity contribution in [1.82, 2.24) is 0 Å². The number of methoxy groups -OCH3 is 1.